The van der Waals surface area contributed by atoms with E-state index in [4.69, 9.17) is 16.0 Å². The van der Waals surface area contributed by atoms with Crippen molar-refractivity contribution in [2.45, 2.75) is 18.6 Å². The highest BCUT2D eigenvalue weighted by Gasteiger charge is 2.18. The molecule has 2 aromatic heterocycles. The van der Waals surface area contributed by atoms with E-state index in [1.165, 1.54) is 11.3 Å². The molecule has 26 heavy (non-hydrogen) atoms. The number of nitrogens with zero attached hydrogens (tertiary/aromatic N) is 2. The molecule has 0 radical (unpaired) electrons. The van der Waals surface area contributed by atoms with Gasteiger partial charge < -0.3 is 9.73 Å². The van der Waals surface area contributed by atoms with Crippen LogP contribution in [0.1, 0.15) is 13.3 Å². The first-order valence-corrected chi connectivity index (χ1v) is 9.98. The lowest BCUT2D eigenvalue weighted by molar-refractivity contribution is -0.117. The molecule has 0 aliphatic carbocycles. The third-order valence-electron chi connectivity index (χ3n) is 3.25. The second kappa shape index (κ2) is 8.52. The number of amides is 3. The molecule has 7 nitrogen and oxygen atoms in total. The van der Waals surface area contributed by atoms with Gasteiger partial charge in [-0.2, -0.15) is 0 Å². The van der Waals surface area contributed by atoms with E-state index >= 15 is 0 Å². The molecule has 3 amide bonds. The Balaban J connectivity index is 1.62. The predicted molar refractivity (Wildman–Crippen MR) is 103 cm³/mol. The van der Waals surface area contributed by atoms with Crippen molar-refractivity contribution in [3.05, 3.63) is 29.3 Å². The van der Waals surface area contributed by atoms with Gasteiger partial charge in [0.2, 0.25) is 5.91 Å². The van der Waals surface area contributed by atoms with Gasteiger partial charge in [-0.25, -0.2) is 4.79 Å². The number of hydrogen-bond acceptors (Lipinski definition) is 7. The van der Waals surface area contributed by atoms with Gasteiger partial charge in [0, 0.05) is 16.6 Å². The van der Waals surface area contributed by atoms with Crippen molar-refractivity contribution in [3.63, 3.8) is 0 Å². The van der Waals surface area contributed by atoms with Crippen molar-refractivity contribution in [3.8, 4) is 10.8 Å². The van der Waals surface area contributed by atoms with Crippen molar-refractivity contribution in [2.24, 2.45) is 0 Å². The SMILES string of the molecule is CCCNC(=O)NC(=O)CSc1nnc(-c2sc3ccccc3c2Cl)o1. The quantitative estimate of drug-likeness (QED) is 0.597. The second-order valence-corrected chi connectivity index (χ2v) is 7.56. The molecule has 0 fully saturated rings. The molecule has 1 aromatic carbocycles. The molecular weight excluding hydrogens is 396 g/mol. The first-order chi connectivity index (χ1) is 12.6. The Labute approximate surface area is 162 Å². The van der Waals surface area contributed by atoms with E-state index in [0.29, 0.717) is 22.3 Å². The number of benzene rings is 1. The standard InChI is InChI=1S/C16H15ClN4O3S2/c1-2-7-18-15(23)19-11(22)8-25-16-21-20-14(24-16)13-12(17)9-5-3-4-6-10(9)26-13/h3-6H,2,7-8H2,1H3,(H2,18,19,22,23). The van der Waals surface area contributed by atoms with E-state index in [0.717, 1.165) is 28.3 Å². The number of aromatic nitrogens is 2. The number of imide groups is 1. The first kappa shape index (κ1) is 18.7. The number of thioether (sulfide) groups is 1. The largest absolute Gasteiger partial charge is 0.410 e. The second-order valence-electron chi connectivity index (χ2n) is 5.21. The fourth-order valence-electron chi connectivity index (χ4n) is 2.08. The molecule has 0 unspecified atom stereocenters. The molecule has 136 valence electrons. The lowest BCUT2D eigenvalue weighted by Crippen LogP contribution is -2.40. The van der Waals surface area contributed by atoms with Gasteiger partial charge in [0.05, 0.1) is 10.8 Å². The van der Waals surface area contributed by atoms with E-state index in [-0.39, 0.29) is 11.0 Å². The number of halogens is 1. The molecule has 2 heterocycles. The average Bonchev–Trinajstić information content (AvgIpc) is 3.23. The molecule has 0 saturated heterocycles. The maximum absolute atomic E-state index is 11.7. The number of nitrogens with one attached hydrogen (secondary N) is 2. The Hall–Kier alpha value is -2.10. The Morgan fingerprint density at radius 1 is 1.31 bits per heavy atom. The molecule has 0 aliphatic heterocycles. The Bertz CT molecular complexity index is 941. The Morgan fingerprint density at radius 3 is 2.88 bits per heavy atom. The fourth-order valence-corrected chi connectivity index (χ4v) is 4.08. The third kappa shape index (κ3) is 4.35. The summed E-state index contributed by atoms with van der Waals surface area (Å²) in [6, 6.07) is 7.23. The Morgan fingerprint density at radius 2 is 2.12 bits per heavy atom. The lowest BCUT2D eigenvalue weighted by Gasteiger charge is -2.03. The molecule has 3 rings (SSSR count). The first-order valence-electron chi connectivity index (χ1n) is 7.80. The van der Waals surface area contributed by atoms with Crippen LogP contribution in [0.2, 0.25) is 5.02 Å². The predicted octanol–water partition coefficient (Wildman–Crippen LogP) is 3.93. The number of hydrogen-bond donors (Lipinski definition) is 2. The summed E-state index contributed by atoms with van der Waals surface area (Å²) < 4.78 is 6.61. The zero-order chi connectivity index (χ0) is 18.5. The van der Waals surface area contributed by atoms with E-state index in [1.54, 1.807) is 0 Å². The van der Waals surface area contributed by atoms with Crippen LogP contribution in [0.25, 0.3) is 20.9 Å². The van der Waals surface area contributed by atoms with Crippen LogP contribution in [0.4, 0.5) is 4.79 Å². The van der Waals surface area contributed by atoms with Crippen molar-refractivity contribution in [2.75, 3.05) is 12.3 Å². The van der Waals surface area contributed by atoms with Crippen LogP contribution in [0.5, 0.6) is 0 Å². The Kier molecular flexibility index (Phi) is 6.12. The van der Waals surface area contributed by atoms with Crippen LogP contribution in [0.15, 0.2) is 33.9 Å². The highest BCUT2D eigenvalue weighted by Crippen LogP contribution is 2.41. The van der Waals surface area contributed by atoms with Crippen LogP contribution in [-0.4, -0.2) is 34.4 Å². The summed E-state index contributed by atoms with van der Waals surface area (Å²) in [5.41, 5.74) is 0. The minimum atomic E-state index is -0.513. The van der Waals surface area contributed by atoms with Crippen LogP contribution >= 0.6 is 34.7 Å². The monoisotopic (exact) mass is 410 g/mol. The lowest BCUT2D eigenvalue weighted by atomic mass is 10.2. The number of carbonyl (C=O) groups is 2. The van der Waals surface area contributed by atoms with Gasteiger partial charge in [0.15, 0.2) is 0 Å². The number of rotatable bonds is 6. The summed E-state index contributed by atoms with van der Waals surface area (Å²) in [5, 5.41) is 14.4. The minimum Gasteiger partial charge on any atom is -0.410 e. The molecule has 0 spiro atoms. The minimum absolute atomic E-state index is 0.0126. The summed E-state index contributed by atoms with van der Waals surface area (Å²) >= 11 is 8.91. The molecule has 2 N–H and O–H groups in total. The number of thiophene rings is 1. The summed E-state index contributed by atoms with van der Waals surface area (Å²) in [4.78, 5) is 23.8. The molecule has 10 heteroatoms. The van der Waals surface area contributed by atoms with Gasteiger partial charge >= 0.3 is 6.03 Å². The van der Waals surface area contributed by atoms with Crippen LogP contribution in [0.3, 0.4) is 0 Å². The maximum atomic E-state index is 11.7. The number of fused-ring (bicyclic) bond motifs is 1. The fraction of sp³-hybridized carbons (Fsp3) is 0.250. The molecular formula is C16H15ClN4O3S2. The topological polar surface area (TPSA) is 97.1 Å². The normalized spacial score (nSPS) is 10.8. The van der Waals surface area contributed by atoms with Gasteiger partial charge in [-0.1, -0.05) is 48.5 Å². The molecule has 3 aromatic rings. The zero-order valence-electron chi connectivity index (χ0n) is 13.7. The smallest absolute Gasteiger partial charge is 0.321 e. The van der Waals surface area contributed by atoms with E-state index < -0.39 is 11.9 Å². The molecule has 0 bridgehead atoms. The highest BCUT2D eigenvalue weighted by molar-refractivity contribution is 7.99. The van der Waals surface area contributed by atoms with Gasteiger partial charge in [-0.05, 0) is 12.5 Å². The van der Waals surface area contributed by atoms with Crippen molar-refractivity contribution in [1.82, 2.24) is 20.8 Å². The van der Waals surface area contributed by atoms with Gasteiger partial charge in [0.25, 0.3) is 11.1 Å². The third-order valence-corrected chi connectivity index (χ3v) is 5.73. The van der Waals surface area contributed by atoms with Gasteiger partial charge in [-0.15, -0.1) is 21.5 Å². The molecule has 0 aliphatic rings. The van der Waals surface area contributed by atoms with Gasteiger partial charge in [-0.3, -0.25) is 10.1 Å². The molecule has 0 atom stereocenters. The average molecular weight is 411 g/mol. The highest BCUT2D eigenvalue weighted by atomic mass is 35.5. The van der Waals surface area contributed by atoms with Crippen molar-refractivity contribution < 1.29 is 14.0 Å². The number of carbonyl (C=O) groups excluding carboxylic acids is 2. The van der Waals surface area contributed by atoms with Crippen LogP contribution < -0.4 is 10.6 Å². The van der Waals surface area contributed by atoms with E-state index in [2.05, 4.69) is 20.8 Å². The van der Waals surface area contributed by atoms with E-state index in [9.17, 15) is 9.59 Å². The maximum Gasteiger partial charge on any atom is 0.321 e. The van der Waals surface area contributed by atoms with E-state index in [1.807, 2.05) is 31.2 Å². The summed E-state index contributed by atoms with van der Waals surface area (Å²) in [6.45, 7) is 2.43. The zero-order valence-corrected chi connectivity index (χ0v) is 16.1. The number of urea groups is 1. The molecule has 0 saturated carbocycles. The van der Waals surface area contributed by atoms with Crippen LogP contribution in [0, 0.1) is 0 Å². The summed E-state index contributed by atoms with van der Waals surface area (Å²) in [7, 11) is 0. The van der Waals surface area contributed by atoms with Crippen molar-refractivity contribution >= 4 is 56.7 Å². The van der Waals surface area contributed by atoms with Crippen molar-refractivity contribution in [1.29, 1.82) is 0 Å². The van der Waals surface area contributed by atoms with Gasteiger partial charge in [0.1, 0.15) is 4.88 Å². The summed E-state index contributed by atoms with van der Waals surface area (Å²) in [6.07, 6.45) is 0.793. The summed E-state index contributed by atoms with van der Waals surface area (Å²) in [5.74, 6) is -0.149. The van der Waals surface area contributed by atoms with Crippen LogP contribution in [-0.2, 0) is 4.79 Å².